The summed E-state index contributed by atoms with van der Waals surface area (Å²) in [4.78, 5) is 37.6. The van der Waals surface area contributed by atoms with Crippen LogP contribution in [0.25, 0.3) is 10.9 Å². The Bertz CT molecular complexity index is 966. The summed E-state index contributed by atoms with van der Waals surface area (Å²) in [7, 11) is 1.81. The van der Waals surface area contributed by atoms with Crippen LogP contribution in [0.1, 0.15) is 34.5 Å². The molecule has 0 saturated carbocycles. The molecule has 1 aromatic carbocycles. The van der Waals surface area contributed by atoms with Gasteiger partial charge in [0, 0.05) is 36.5 Å². The Hall–Kier alpha value is -3.14. The molecule has 0 aliphatic carbocycles. The van der Waals surface area contributed by atoms with Crippen LogP contribution in [0.2, 0.25) is 0 Å². The van der Waals surface area contributed by atoms with Gasteiger partial charge in [0.1, 0.15) is 17.8 Å². The normalized spacial score (nSPS) is 20.2. The third-order valence-corrected chi connectivity index (χ3v) is 4.86. The topological polar surface area (TPSA) is 95.2 Å². The molecule has 1 unspecified atom stereocenters. The van der Waals surface area contributed by atoms with Crippen LogP contribution < -0.4 is 5.32 Å². The number of benzene rings is 1. The van der Waals surface area contributed by atoms with E-state index in [0.717, 1.165) is 16.5 Å². The monoisotopic (exact) mass is 322 g/mol. The van der Waals surface area contributed by atoms with Crippen molar-refractivity contribution in [1.29, 1.82) is 5.26 Å². The highest BCUT2D eigenvalue weighted by Crippen LogP contribution is 2.33. The molecule has 120 valence electrons. The molecule has 0 spiro atoms. The number of aryl methyl sites for hydroxylation is 1. The van der Waals surface area contributed by atoms with Crippen molar-refractivity contribution in [1.82, 2.24) is 14.8 Å². The zero-order valence-corrected chi connectivity index (χ0v) is 13.0. The highest BCUT2D eigenvalue weighted by atomic mass is 16.2. The number of fused-ring (bicyclic) bond motifs is 3. The molecule has 0 radical (unpaired) electrons. The van der Waals surface area contributed by atoms with Gasteiger partial charge in [-0.2, -0.15) is 5.26 Å². The van der Waals surface area contributed by atoms with Crippen molar-refractivity contribution >= 4 is 28.6 Å². The second-order valence-electron chi connectivity index (χ2n) is 6.12. The fourth-order valence-corrected chi connectivity index (χ4v) is 3.58. The second kappa shape index (κ2) is 4.93. The van der Waals surface area contributed by atoms with Crippen LogP contribution in [-0.2, 0) is 23.2 Å². The van der Waals surface area contributed by atoms with Crippen molar-refractivity contribution in [3.63, 3.8) is 0 Å². The van der Waals surface area contributed by atoms with Crippen LogP contribution in [0.3, 0.4) is 0 Å². The molecule has 7 nitrogen and oxygen atoms in total. The highest BCUT2D eigenvalue weighted by molar-refractivity contribution is 6.08. The standard InChI is InChI=1S/C17H14N4O3/c1-20-9(7-18)6-11-12-8-21(14-4-5-15(22)19-16(14)23)17(24)10(12)2-3-13(11)20/h2-3,6,14H,4-5,8H2,1H3,(H,19,22,23). The third kappa shape index (κ3) is 1.86. The number of imide groups is 1. The summed E-state index contributed by atoms with van der Waals surface area (Å²) in [5.41, 5.74) is 2.79. The largest absolute Gasteiger partial charge is 0.335 e. The zero-order chi connectivity index (χ0) is 17.0. The van der Waals surface area contributed by atoms with Crippen LogP contribution in [0.4, 0.5) is 0 Å². The minimum Gasteiger partial charge on any atom is -0.335 e. The molecule has 1 fully saturated rings. The van der Waals surface area contributed by atoms with Gasteiger partial charge in [-0.05, 0) is 30.2 Å². The summed E-state index contributed by atoms with van der Waals surface area (Å²) in [5.74, 6) is -0.928. The predicted molar refractivity (Wildman–Crippen MR) is 83.7 cm³/mol. The SMILES string of the molecule is Cn1c(C#N)cc2c3c(ccc21)C(=O)N(C1CCC(=O)NC1=O)C3. The Morgan fingerprint density at radius 3 is 2.79 bits per heavy atom. The lowest BCUT2D eigenvalue weighted by Gasteiger charge is -2.29. The molecule has 0 bridgehead atoms. The minimum atomic E-state index is -0.628. The van der Waals surface area contributed by atoms with Crippen molar-refractivity contribution in [3.8, 4) is 6.07 Å². The van der Waals surface area contributed by atoms with Crippen molar-refractivity contribution in [2.75, 3.05) is 0 Å². The Kier molecular flexibility index (Phi) is 2.97. The molecule has 24 heavy (non-hydrogen) atoms. The number of rotatable bonds is 1. The fraction of sp³-hybridized carbons (Fsp3) is 0.294. The van der Waals surface area contributed by atoms with E-state index < -0.39 is 11.9 Å². The molecule has 3 heterocycles. The van der Waals surface area contributed by atoms with E-state index in [4.69, 9.17) is 0 Å². The van der Waals surface area contributed by atoms with E-state index >= 15 is 0 Å². The quantitative estimate of drug-likeness (QED) is 0.786. The average Bonchev–Trinajstić information content (AvgIpc) is 3.06. The van der Waals surface area contributed by atoms with Gasteiger partial charge in [-0.15, -0.1) is 0 Å². The molecular formula is C17H14N4O3. The molecule has 1 aromatic heterocycles. The first-order chi connectivity index (χ1) is 11.5. The third-order valence-electron chi connectivity index (χ3n) is 4.86. The van der Waals surface area contributed by atoms with Gasteiger partial charge in [-0.3, -0.25) is 19.7 Å². The van der Waals surface area contributed by atoms with Crippen LogP contribution >= 0.6 is 0 Å². The Balaban J connectivity index is 1.77. The number of hydrogen-bond acceptors (Lipinski definition) is 4. The van der Waals surface area contributed by atoms with Crippen molar-refractivity contribution in [2.24, 2.45) is 7.05 Å². The lowest BCUT2D eigenvalue weighted by Crippen LogP contribution is -2.52. The Morgan fingerprint density at radius 1 is 1.29 bits per heavy atom. The van der Waals surface area contributed by atoms with Gasteiger partial charge in [0.05, 0.1) is 0 Å². The lowest BCUT2D eigenvalue weighted by atomic mass is 10.0. The maximum Gasteiger partial charge on any atom is 0.255 e. The van der Waals surface area contributed by atoms with Gasteiger partial charge in [-0.25, -0.2) is 0 Å². The van der Waals surface area contributed by atoms with Crippen molar-refractivity contribution < 1.29 is 14.4 Å². The number of amides is 3. The molecule has 1 atom stereocenters. The predicted octanol–water partition coefficient (Wildman–Crippen LogP) is 0.811. The molecular weight excluding hydrogens is 308 g/mol. The fourth-order valence-electron chi connectivity index (χ4n) is 3.58. The summed E-state index contributed by atoms with van der Waals surface area (Å²) in [6.07, 6.45) is 0.571. The second-order valence-corrected chi connectivity index (χ2v) is 6.12. The number of nitrogens with one attached hydrogen (secondary N) is 1. The first kappa shape index (κ1) is 14.5. The lowest BCUT2D eigenvalue weighted by molar-refractivity contribution is -0.136. The number of carbonyl (C=O) groups is 3. The van der Waals surface area contributed by atoms with Gasteiger partial charge >= 0.3 is 0 Å². The highest BCUT2D eigenvalue weighted by Gasteiger charge is 2.39. The van der Waals surface area contributed by atoms with E-state index in [9.17, 15) is 19.6 Å². The molecule has 2 aromatic rings. The molecule has 3 amide bonds. The minimum absolute atomic E-state index is 0.205. The molecule has 7 heteroatoms. The Labute approximate surface area is 137 Å². The summed E-state index contributed by atoms with van der Waals surface area (Å²) in [6, 6.07) is 6.85. The van der Waals surface area contributed by atoms with Gasteiger partial charge in [0.2, 0.25) is 11.8 Å². The number of carbonyl (C=O) groups excluding carboxylic acids is 3. The van der Waals surface area contributed by atoms with Crippen LogP contribution in [0.5, 0.6) is 0 Å². The first-order valence-electron chi connectivity index (χ1n) is 7.67. The van der Waals surface area contributed by atoms with E-state index in [0.29, 0.717) is 24.2 Å². The Morgan fingerprint density at radius 2 is 2.08 bits per heavy atom. The molecule has 1 N–H and O–H groups in total. The average molecular weight is 322 g/mol. The summed E-state index contributed by atoms with van der Waals surface area (Å²) in [5, 5.41) is 12.4. The molecule has 1 saturated heterocycles. The number of nitrogens with zero attached hydrogens (tertiary/aromatic N) is 3. The van der Waals surface area contributed by atoms with E-state index in [1.165, 1.54) is 4.90 Å². The van der Waals surface area contributed by atoms with Gasteiger partial charge in [0.25, 0.3) is 5.91 Å². The maximum atomic E-state index is 12.7. The van der Waals surface area contributed by atoms with Gasteiger partial charge in [0.15, 0.2) is 0 Å². The van der Waals surface area contributed by atoms with Crippen molar-refractivity contribution in [2.45, 2.75) is 25.4 Å². The number of piperidine rings is 1. The molecule has 2 aliphatic rings. The summed E-state index contributed by atoms with van der Waals surface area (Å²) in [6.45, 7) is 0.312. The first-order valence-corrected chi connectivity index (χ1v) is 7.67. The van der Waals surface area contributed by atoms with Gasteiger partial charge in [-0.1, -0.05) is 0 Å². The van der Waals surface area contributed by atoms with Crippen molar-refractivity contribution in [3.05, 3.63) is 35.0 Å². The van der Waals surface area contributed by atoms with Crippen LogP contribution in [0.15, 0.2) is 18.2 Å². The van der Waals surface area contributed by atoms with Crippen LogP contribution in [0, 0.1) is 11.3 Å². The van der Waals surface area contributed by atoms with E-state index in [2.05, 4.69) is 11.4 Å². The van der Waals surface area contributed by atoms with E-state index in [1.807, 2.05) is 13.1 Å². The summed E-state index contributed by atoms with van der Waals surface area (Å²) < 4.78 is 1.79. The smallest absolute Gasteiger partial charge is 0.255 e. The molecule has 2 aliphatic heterocycles. The number of aromatic nitrogens is 1. The van der Waals surface area contributed by atoms with E-state index in [-0.39, 0.29) is 18.2 Å². The number of nitriles is 1. The maximum absolute atomic E-state index is 12.7. The van der Waals surface area contributed by atoms with Gasteiger partial charge < -0.3 is 9.47 Å². The molecule has 4 rings (SSSR count). The van der Waals surface area contributed by atoms with E-state index in [1.54, 1.807) is 16.7 Å². The zero-order valence-electron chi connectivity index (χ0n) is 13.0. The summed E-state index contributed by atoms with van der Waals surface area (Å²) >= 11 is 0. The van der Waals surface area contributed by atoms with Crippen LogP contribution in [-0.4, -0.2) is 33.2 Å². The number of hydrogen-bond donors (Lipinski definition) is 1.